The van der Waals surface area contributed by atoms with E-state index in [1.54, 1.807) is 4.90 Å². The first-order valence-electron chi connectivity index (χ1n) is 7.71. The Bertz CT molecular complexity index is 587. The van der Waals surface area contributed by atoms with Crippen LogP contribution in [0.5, 0.6) is 0 Å². The molecule has 2 nitrogen and oxygen atoms in total. The monoisotopic (exact) mass is 323 g/mol. The number of nitrogens with zero attached hydrogens (tertiary/aromatic N) is 1. The summed E-state index contributed by atoms with van der Waals surface area (Å²) in [5.41, 5.74) is -0.443. The summed E-state index contributed by atoms with van der Waals surface area (Å²) in [4.78, 5) is 14.3. The van der Waals surface area contributed by atoms with E-state index in [4.69, 9.17) is 0 Å². The number of carbonyl (C=O) groups is 1. The molecule has 0 N–H and O–H groups in total. The molecule has 1 atom stereocenters. The molecular weight excluding hydrogens is 303 g/mol. The second kappa shape index (κ2) is 7.49. The maximum atomic E-state index is 12.6. The van der Waals surface area contributed by atoms with E-state index in [1.807, 2.05) is 31.2 Å². The zero-order chi connectivity index (χ0) is 16.9. The van der Waals surface area contributed by atoms with Gasteiger partial charge in [0.15, 0.2) is 0 Å². The normalized spacial score (nSPS) is 19.7. The second-order valence-corrected chi connectivity index (χ2v) is 5.55. The second-order valence-electron chi connectivity index (χ2n) is 5.55. The summed E-state index contributed by atoms with van der Waals surface area (Å²) in [5.74, 6) is -0.214. The van der Waals surface area contributed by atoms with E-state index in [-0.39, 0.29) is 11.9 Å². The van der Waals surface area contributed by atoms with E-state index in [0.717, 1.165) is 31.4 Å². The first-order chi connectivity index (χ1) is 10.9. The van der Waals surface area contributed by atoms with Crippen molar-refractivity contribution < 1.29 is 18.0 Å². The number of rotatable bonds is 3. The molecule has 5 heteroatoms. The Morgan fingerprint density at radius 2 is 1.87 bits per heavy atom. The van der Waals surface area contributed by atoms with Gasteiger partial charge in [-0.25, -0.2) is 0 Å². The minimum Gasteiger partial charge on any atom is -0.332 e. The van der Waals surface area contributed by atoms with Crippen molar-refractivity contribution in [2.75, 3.05) is 6.54 Å². The minimum atomic E-state index is -4.38. The number of amides is 1. The van der Waals surface area contributed by atoms with Crippen molar-refractivity contribution in [2.45, 2.75) is 38.4 Å². The third-order valence-electron chi connectivity index (χ3n) is 3.91. The van der Waals surface area contributed by atoms with Crippen molar-refractivity contribution in [3.63, 3.8) is 0 Å². The van der Waals surface area contributed by atoms with Gasteiger partial charge in [0.2, 0.25) is 0 Å². The van der Waals surface area contributed by atoms with Gasteiger partial charge in [0, 0.05) is 12.1 Å². The summed E-state index contributed by atoms with van der Waals surface area (Å²) in [6.07, 6.45) is 6.13. The van der Waals surface area contributed by atoms with E-state index in [9.17, 15) is 18.0 Å². The largest absolute Gasteiger partial charge is 0.416 e. The van der Waals surface area contributed by atoms with Crippen LogP contribution in [0.15, 0.2) is 48.6 Å². The lowest BCUT2D eigenvalue weighted by molar-refractivity contribution is -0.137. The fourth-order valence-electron chi connectivity index (χ4n) is 2.68. The van der Waals surface area contributed by atoms with Crippen LogP contribution in [0.4, 0.5) is 13.2 Å². The molecule has 1 aromatic rings. The maximum Gasteiger partial charge on any atom is 0.416 e. The third-order valence-corrected chi connectivity index (χ3v) is 3.91. The molecule has 0 aromatic heterocycles. The Labute approximate surface area is 134 Å². The van der Waals surface area contributed by atoms with Crippen LogP contribution in [0.2, 0.25) is 0 Å². The standard InChI is InChI=1S/C18H20F3NO/c1-2-3-4-7-16-8-5-6-13-22(16)17(23)14-9-11-15(12-10-14)18(19,20)21/h2-4,7,9-12,16H,5-6,8,13H2,1H3/b3-2+,7-4+. The molecule has 0 aliphatic carbocycles. The van der Waals surface area contributed by atoms with Crippen LogP contribution >= 0.6 is 0 Å². The fraction of sp³-hybridized carbons (Fsp3) is 0.389. The molecule has 1 fully saturated rings. The van der Waals surface area contributed by atoms with Crippen LogP contribution in [-0.2, 0) is 6.18 Å². The van der Waals surface area contributed by atoms with Crippen LogP contribution in [0.3, 0.4) is 0 Å². The molecule has 1 aliphatic rings. The molecule has 0 bridgehead atoms. The number of allylic oxidation sites excluding steroid dienone is 3. The van der Waals surface area contributed by atoms with Crippen molar-refractivity contribution >= 4 is 5.91 Å². The Morgan fingerprint density at radius 1 is 1.17 bits per heavy atom. The lowest BCUT2D eigenvalue weighted by Crippen LogP contribution is -2.42. The van der Waals surface area contributed by atoms with Crippen molar-refractivity contribution in [1.29, 1.82) is 0 Å². The molecular formula is C18H20F3NO. The van der Waals surface area contributed by atoms with Crippen LogP contribution in [0.25, 0.3) is 0 Å². The minimum absolute atomic E-state index is 0.00487. The van der Waals surface area contributed by atoms with E-state index >= 15 is 0 Å². The van der Waals surface area contributed by atoms with Crippen molar-refractivity contribution in [1.82, 2.24) is 4.90 Å². The van der Waals surface area contributed by atoms with Gasteiger partial charge in [-0.2, -0.15) is 13.2 Å². The molecule has 1 unspecified atom stereocenters. The van der Waals surface area contributed by atoms with E-state index in [1.165, 1.54) is 12.1 Å². The molecule has 0 radical (unpaired) electrons. The SMILES string of the molecule is C/C=C/C=C/C1CCCCN1C(=O)c1ccc(C(F)(F)F)cc1. The number of benzene rings is 1. The Hall–Kier alpha value is -2.04. The zero-order valence-electron chi connectivity index (χ0n) is 13.0. The van der Waals surface area contributed by atoms with Crippen molar-refractivity contribution in [3.05, 3.63) is 59.7 Å². The topological polar surface area (TPSA) is 20.3 Å². The highest BCUT2D eigenvalue weighted by molar-refractivity contribution is 5.94. The highest BCUT2D eigenvalue weighted by Gasteiger charge is 2.31. The number of hydrogen-bond donors (Lipinski definition) is 0. The quantitative estimate of drug-likeness (QED) is 0.729. The van der Waals surface area contributed by atoms with E-state index in [0.29, 0.717) is 12.1 Å². The molecule has 0 saturated carbocycles. The molecule has 1 heterocycles. The summed E-state index contributed by atoms with van der Waals surface area (Å²) in [5, 5.41) is 0. The van der Waals surface area contributed by atoms with Gasteiger partial charge < -0.3 is 4.90 Å². The molecule has 23 heavy (non-hydrogen) atoms. The molecule has 1 saturated heterocycles. The summed E-state index contributed by atoms with van der Waals surface area (Å²) in [6, 6.07) is 4.43. The van der Waals surface area contributed by atoms with Crippen LogP contribution in [0, 0.1) is 0 Å². The van der Waals surface area contributed by atoms with Gasteiger partial charge in [-0.3, -0.25) is 4.79 Å². The fourth-order valence-corrected chi connectivity index (χ4v) is 2.68. The molecule has 1 aromatic carbocycles. The zero-order valence-corrected chi connectivity index (χ0v) is 13.0. The smallest absolute Gasteiger partial charge is 0.332 e. The van der Waals surface area contributed by atoms with Crippen molar-refractivity contribution in [2.24, 2.45) is 0 Å². The number of likely N-dealkylation sites (tertiary alicyclic amines) is 1. The van der Waals surface area contributed by atoms with Gasteiger partial charge in [0.05, 0.1) is 11.6 Å². The van der Waals surface area contributed by atoms with Gasteiger partial charge in [0.1, 0.15) is 0 Å². The summed E-state index contributed by atoms with van der Waals surface area (Å²) in [6.45, 7) is 2.54. The lowest BCUT2D eigenvalue weighted by atomic mass is 10.00. The maximum absolute atomic E-state index is 12.6. The van der Waals surface area contributed by atoms with Gasteiger partial charge in [0.25, 0.3) is 5.91 Å². The highest BCUT2D eigenvalue weighted by atomic mass is 19.4. The number of piperidine rings is 1. The lowest BCUT2D eigenvalue weighted by Gasteiger charge is -2.34. The number of halogens is 3. The first kappa shape index (κ1) is 17.3. The van der Waals surface area contributed by atoms with Gasteiger partial charge in [-0.1, -0.05) is 24.3 Å². The summed E-state index contributed by atoms with van der Waals surface area (Å²) >= 11 is 0. The molecule has 1 aliphatic heterocycles. The Balaban J connectivity index is 2.16. The van der Waals surface area contributed by atoms with Gasteiger partial charge in [-0.05, 0) is 50.5 Å². The summed E-state index contributed by atoms with van der Waals surface area (Å²) in [7, 11) is 0. The Kier molecular flexibility index (Phi) is 5.64. The molecule has 1 amide bonds. The average molecular weight is 323 g/mol. The van der Waals surface area contributed by atoms with Crippen molar-refractivity contribution in [3.8, 4) is 0 Å². The third kappa shape index (κ3) is 4.47. The van der Waals surface area contributed by atoms with E-state index in [2.05, 4.69) is 0 Å². The number of hydrogen-bond acceptors (Lipinski definition) is 1. The number of alkyl halides is 3. The van der Waals surface area contributed by atoms with Crippen LogP contribution in [0.1, 0.15) is 42.1 Å². The summed E-state index contributed by atoms with van der Waals surface area (Å²) < 4.78 is 37.8. The average Bonchev–Trinajstić information content (AvgIpc) is 2.54. The predicted octanol–water partition coefficient (Wildman–Crippen LogP) is 4.83. The number of carbonyl (C=O) groups excluding carboxylic acids is 1. The molecule has 0 spiro atoms. The molecule has 124 valence electrons. The Morgan fingerprint density at radius 3 is 2.48 bits per heavy atom. The first-order valence-corrected chi connectivity index (χ1v) is 7.71. The highest BCUT2D eigenvalue weighted by Crippen LogP contribution is 2.29. The molecule has 2 rings (SSSR count). The van der Waals surface area contributed by atoms with Crippen LogP contribution < -0.4 is 0 Å². The van der Waals surface area contributed by atoms with E-state index < -0.39 is 11.7 Å². The van der Waals surface area contributed by atoms with Gasteiger partial charge >= 0.3 is 6.18 Å². The van der Waals surface area contributed by atoms with Gasteiger partial charge in [-0.15, -0.1) is 0 Å². The predicted molar refractivity (Wildman–Crippen MR) is 84.1 cm³/mol. The van der Waals surface area contributed by atoms with Crippen LogP contribution in [-0.4, -0.2) is 23.4 Å².